The number of amides is 2. The maximum atomic E-state index is 13.2. The number of aliphatic hydroxyl groups excluding tert-OH is 1. The highest BCUT2D eigenvalue weighted by molar-refractivity contribution is 5.94. The van der Waals surface area contributed by atoms with E-state index in [1.54, 1.807) is 59.5 Å². The summed E-state index contributed by atoms with van der Waals surface area (Å²) in [4.78, 5) is 54.0. The van der Waals surface area contributed by atoms with Crippen LogP contribution in [0.5, 0.6) is 11.5 Å². The molecule has 274 valence electrons. The van der Waals surface area contributed by atoms with Crippen LogP contribution in [0.25, 0.3) is 10.9 Å². The van der Waals surface area contributed by atoms with E-state index in [0.29, 0.717) is 49.0 Å². The molecule has 0 radical (unpaired) electrons. The van der Waals surface area contributed by atoms with Gasteiger partial charge in [0.2, 0.25) is 11.2 Å². The van der Waals surface area contributed by atoms with Gasteiger partial charge in [0.05, 0.1) is 11.6 Å². The number of carbonyl (C=O) groups excluding carboxylic acids is 2. The monoisotopic (exact) mass is 720 g/mol. The molecule has 1 fully saturated rings. The Balaban J connectivity index is 0.943. The second-order valence-electron chi connectivity index (χ2n) is 13.0. The standard InChI is InChI=1S/C40H40N4O9/c45-33-15-13-31(32-14-16-35(47)43-37(32)33)34(46)22-41-19-17-25-9-11-26(12-10-25)38(49)44-20-18-29(23-44)42-36(48)24-53-30-8-4-7-28(21-30)40(52,39(50)51)27-5-2-1-3-6-27/h1-16,21,29,34,41,45-46,52H,17-20,22-24H2,(H,42,48)(H,43,47)(H,50,51)/t29-,34-,40-/m0/s1. The summed E-state index contributed by atoms with van der Waals surface area (Å²) in [6.45, 7) is 1.30. The van der Waals surface area contributed by atoms with Gasteiger partial charge >= 0.3 is 5.97 Å². The van der Waals surface area contributed by atoms with Crippen LogP contribution in [0.1, 0.15) is 45.1 Å². The van der Waals surface area contributed by atoms with Crippen molar-refractivity contribution in [2.75, 3.05) is 32.8 Å². The minimum absolute atomic E-state index is 0.0674. The Labute approximate surface area is 304 Å². The van der Waals surface area contributed by atoms with Gasteiger partial charge in [0.15, 0.2) is 6.61 Å². The number of aromatic amines is 1. The highest BCUT2D eigenvalue weighted by atomic mass is 16.5. The molecule has 1 aliphatic rings. The first-order chi connectivity index (χ1) is 25.5. The summed E-state index contributed by atoms with van der Waals surface area (Å²) >= 11 is 0. The minimum Gasteiger partial charge on any atom is -0.506 e. The number of hydrogen-bond donors (Lipinski definition) is 7. The van der Waals surface area contributed by atoms with Gasteiger partial charge in [-0.15, -0.1) is 0 Å². The van der Waals surface area contributed by atoms with E-state index < -0.39 is 23.6 Å². The average Bonchev–Trinajstić information content (AvgIpc) is 3.64. The predicted octanol–water partition coefficient (Wildman–Crippen LogP) is 2.83. The third kappa shape index (κ3) is 8.39. The van der Waals surface area contributed by atoms with Crippen molar-refractivity contribution in [3.8, 4) is 11.5 Å². The Morgan fingerprint density at radius 1 is 0.943 bits per heavy atom. The molecule has 3 atom stereocenters. The van der Waals surface area contributed by atoms with Gasteiger partial charge in [0.25, 0.3) is 11.8 Å². The Morgan fingerprint density at radius 2 is 1.70 bits per heavy atom. The molecule has 0 saturated carbocycles. The third-order valence-electron chi connectivity index (χ3n) is 9.36. The molecule has 0 spiro atoms. The Bertz CT molecular complexity index is 2160. The highest BCUT2D eigenvalue weighted by Gasteiger charge is 2.40. The normalized spacial score (nSPS) is 15.8. The maximum Gasteiger partial charge on any atom is 0.345 e. The molecule has 53 heavy (non-hydrogen) atoms. The number of fused-ring (bicyclic) bond motifs is 1. The van der Waals surface area contributed by atoms with Crippen molar-refractivity contribution in [1.82, 2.24) is 20.5 Å². The summed E-state index contributed by atoms with van der Waals surface area (Å²) in [5.74, 6) is -1.84. The fraction of sp³-hybridized carbons (Fsp3) is 0.250. The lowest BCUT2D eigenvalue weighted by molar-refractivity contribution is -0.155. The molecule has 6 rings (SSSR count). The highest BCUT2D eigenvalue weighted by Crippen LogP contribution is 2.32. The molecule has 1 aromatic heterocycles. The number of phenols is 1. The number of hydrogen-bond acceptors (Lipinski definition) is 9. The van der Waals surface area contributed by atoms with Gasteiger partial charge in [-0.25, -0.2) is 4.79 Å². The third-order valence-corrected chi connectivity index (χ3v) is 9.36. The molecular formula is C40H40N4O9. The zero-order valence-corrected chi connectivity index (χ0v) is 28.7. The van der Waals surface area contributed by atoms with E-state index in [0.717, 1.165) is 5.56 Å². The molecule has 7 N–H and O–H groups in total. The number of carboxylic acid groups (broad SMARTS) is 1. The van der Waals surface area contributed by atoms with Crippen LogP contribution in [0, 0.1) is 0 Å². The average molecular weight is 721 g/mol. The Morgan fingerprint density at radius 3 is 2.45 bits per heavy atom. The largest absolute Gasteiger partial charge is 0.506 e. The van der Waals surface area contributed by atoms with Crippen molar-refractivity contribution in [3.63, 3.8) is 0 Å². The van der Waals surface area contributed by atoms with Crippen LogP contribution in [-0.4, -0.2) is 86.9 Å². The number of nitrogens with zero attached hydrogens (tertiary/aromatic N) is 1. The zero-order valence-electron chi connectivity index (χ0n) is 28.7. The summed E-state index contributed by atoms with van der Waals surface area (Å²) < 4.78 is 5.64. The van der Waals surface area contributed by atoms with Crippen LogP contribution in [0.4, 0.5) is 0 Å². The van der Waals surface area contributed by atoms with Gasteiger partial charge in [-0.3, -0.25) is 14.4 Å². The number of aromatic nitrogens is 1. The smallest absolute Gasteiger partial charge is 0.345 e. The number of nitrogens with one attached hydrogen (secondary N) is 3. The SMILES string of the molecule is O=C(COc1cccc([C@](O)(C(=O)O)c2ccccc2)c1)N[C@H]1CCN(C(=O)c2ccc(CCNC[C@H](O)c3ccc(O)c4[nH]c(=O)ccc34)cc2)C1. The predicted molar refractivity (Wildman–Crippen MR) is 196 cm³/mol. The van der Waals surface area contributed by atoms with Crippen LogP contribution in [-0.2, 0) is 21.6 Å². The minimum atomic E-state index is -2.30. The Hall–Kier alpha value is -6.02. The van der Waals surface area contributed by atoms with E-state index in [9.17, 15) is 39.6 Å². The summed E-state index contributed by atoms with van der Waals surface area (Å²) in [7, 11) is 0. The lowest BCUT2D eigenvalue weighted by atomic mass is 9.86. The van der Waals surface area contributed by atoms with E-state index >= 15 is 0 Å². The van der Waals surface area contributed by atoms with Crippen LogP contribution in [0.3, 0.4) is 0 Å². The van der Waals surface area contributed by atoms with Gasteiger partial charge < -0.3 is 45.7 Å². The molecule has 1 saturated heterocycles. The molecule has 2 heterocycles. The maximum absolute atomic E-state index is 13.2. The van der Waals surface area contributed by atoms with Crippen molar-refractivity contribution < 1.29 is 39.5 Å². The molecule has 2 amide bonds. The van der Waals surface area contributed by atoms with Gasteiger partial charge in [-0.05, 0) is 72.5 Å². The second-order valence-corrected chi connectivity index (χ2v) is 13.0. The molecule has 0 unspecified atom stereocenters. The number of phenolic OH excluding ortho intramolecular Hbond substituents is 1. The molecule has 13 heteroatoms. The number of aromatic hydroxyl groups is 1. The van der Waals surface area contributed by atoms with Crippen molar-refractivity contribution in [3.05, 3.63) is 141 Å². The van der Waals surface area contributed by atoms with E-state index in [1.165, 1.54) is 36.4 Å². The number of carbonyl (C=O) groups is 3. The fourth-order valence-electron chi connectivity index (χ4n) is 6.51. The molecule has 0 aliphatic carbocycles. The molecule has 13 nitrogen and oxygen atoms in total. The van der Waals surface area contributed by atoms with Gasteiger partial charge in [-0.1, -0.05) is 60.7 Å². The number of likely N-dealkylation sites (tertiary alicyclic amines) is 1. The van der Waals surface area contributed by atoms with E-state index in [-0.39, 0.29) is 58.8 Å². The number of rotatable bonds is 14. The first kappa shape index (κ1) is 36.8. The fourth-order valence-corrected chi connectivity index (χ4v) is 6.51. The number of ether oxygens (including phenoxy) is 1. The molecule has 0 bridgehead atoms. The molecule has 5 aromatic rings. The van der Waals surface area contributed by atoms with Crippen LogP contribution < -0.4 is 20.9 Å². The van der Waals surface area contributed by atoms with Gasteiger partial charge in [0.1, 0.15) is 11.5 Å². The van der Waals surface area contributed by atoms with E-state index in [4.69, 9.17) is 4.74 Å². The van der Waals surface area contributed by atoms with Crippen molar-refractivity contribution in [1.29, 1.82) is 0 Å². The summed E-state index contributed by atoms with van der Waals surface area (Å²) in [6, 6.07) is 27.0. The van der Waals surface area contributed by atoms with E-state index in [2.05, 4.69) is 15.6 Å². The lowest BCUT2D eigenvalue weighted by Crippen LogP contribution is -2.40. The molecule has 1 aliphatic heterocycles. The first-order valence-corrected chi connectivity index (χ1v) is 17.2. The number of H-pyrrole nitrogens is 1. The van der Waals surface area contributed by atoms with Crippen molar-refractivity contribution in [2.45, 2.75) is 30.6 Å². The molecular weight excluding hydrogens is 680 g/mol. The van der Waals surface area contributed by atoms with Crippen molar-refractivity contribution >= 4 is 28.7 Å². The van der Waals surface area contributed by atoms with Gasteiger partial charge in [0, 0.05) is 48.3 Å². The number of aliphatic carboxylic acids is 1. The second kappa shape index (κ2) is 16.1. The number of benzene rings is 4. The number of aliphatic hydroxyl groups is 2. The van der Waals surface area contributed by atoms with E-state index in [1.807, 2.05) is 12.1 Å². The summed E-state index contributed by atoms with van der Waals surface area (Å²) in [6.07, 6.45) is 0.363. The van der Waals surface area contributed by atoms with Crippen LogP contribution >= 0.6 is 0 Å². The lowest BCUT2D eigenvalue weighted by Gasteiger charge is -2.25. The number of pyridine rings is 1. The van der Waals surface area contributed by atoms with Crippen molar-refractivity contribution in [2.24, 2.45) is 0 Å². The quantitative estimate of drug-likeness (QED) is 0.0837. The van der Waals surface area contributed by atoms with Crippen LogP contribution in [0.15, 0.2) is 108 Å². The summed E-state index contributed by atoms with van der Waals surface area (Å²) in [5.41, 5.74) is 0.0144. The first-order valence-electron chi connectivity index (χ1n) is 17.2. The topological polar surface area (TPSA) is 202 Å². The Kier molecular flexibility index (Phi) is 11.2. The van der Waals surface area contributed by atoms with Crippen LogP contribution in [0.2, 0.25) is 0 Å². The number of carboxylic acids is 1. The molecule has 4 aromatic carbocycles. The summed E-state index contributed by atoms with van der Waals surface area (Å²) in [5, 5.41) is 48.5. The zero-order chi connectivity index (χ0) is 37.5. The van der Waals surface area contributed by atoms with Gasteiger partial charge in [-0.2, -0.15) is 0 Å².